The molecule has 0 spiro atoms. The molecule has 2 rings (SSSR count). The van der Waals surface area contributed by atoms with Crippen LogP contribution in [0.1, 0.15) is 19.3 Å². The summed E-state index contributed by atoms with van der Waals surface area (Å²) >= 11 is 2.01. The predicted octanol–water partition coefficient (Wildman–Crippen LogP) is 2.86. The summed E-state index contributed by atoms with van der Waals surface area (Å²) in [5.74, 6) is -0.590. The number of rotatable bonds is 6. The minimum Gasteiger partial charge on any atom is -0.481 e. The molecule has 19 heavy (non-hydrogen) atoms. The molecule has 1 aliphatic rings. The number of nitro benzene ring substituents is 1. The van der Waals surface area contributed by atoms with E-state index in [1.165, 1.54) is 6.07 Å². The summed E-state index contributed by atoms with van der Waals surface area (Å²) in [4.78, 5) is 21.4. The fraction of sp³-hybridized carbons (Fsp3) is 0.417. The summed E-state index contributed by atoms with van der Waals surface area (Å²) in [6.07, 6.45) is 1.93. The Morgan fingerprint density at radius 1 is 1.58 bits per heavy atom. The second-order valence-corrected chi connectivity index (χ2v) is 5.85. The zero-order valence-corrected chi connectivity index (χ0v) is 12.2. The van der Waals surface area contributed by atoms with Gasteiger partial charge < -0.3 is 10.4 Å². The summed E-state index contributed by atoms with van der Waals surface area (Å²) in [6.45, 7) is 0. The molecule has 0 bridgehead atoms. The molecule has 1 saturated carbocycles. The standard InChI is InChI=1S/C12H13IN2O4/c13-8-3-4-9(11(5-8)15(18)19)14-10(6-12(16)17)7-1-2-7/h3-5,7,10,14H,1-2,6H2,(H,16,17). The Bertz CT molecular complexity index is 516. The van der Waals surface area contributed by atoms with Crippen LogP contribution in [0.25, 0.3) is 0 Å². The minimum absolute atomic E-state index is 0.0112. The highest BCUT2D eigenvalue weighted by atomic mass is 127. The number of hydrogen-bond acceptors (Lipinski definition) is 4. The van der Waals surface area contributed by atoms with Gasteiger partial charge in [-0.3, -0.25) is 14.9 Å². The number of nitrogens with one attached hydrogen (secondary N) is 1. The Morgan fingerprint density at radius 3 is 2.79 bits per heavy atom. The maximum absolute atomic E-state index is 11.0. The molecule has 0 aromatic heterocycles. The fourth-order valence-electron chi connectivity index (χ4n) is 2.00. The number of benzene rings is 1. The number of carboxylic acid groups (broad SMARTS) is 1. The highest BCUT2D eigenvalue weighted by Gasteiger charge is 2.33. The monoisotopic (exact) mass is 376 g/mol. The third-order valence-corrected chi connectivity index (χ3v) is 3.75. The maximum Gasteiger partial charge on any atom is 0.305 e. The molecule has 1 aromatic rings. The topological polar surface area (TPSA) is 92.5 Å². The van der Waals surface area contributed by atoms with Crippen LogP contribution in [0.2, 0.25) is 0 Å². The first kappa shape index (κ1) is 14.0. The zero-order chi connectivity index (χ0) is 14.0. The smallest absolute Gasteiger partial charge is 0.305 e. The molecular weight excluding hydrogens is 363 g/mol. The second kappa shape index (κ2) is 5.72. The molecule has 1 aliphatic carbocycles. The number of carboxylic acids is 1. The molecule has 0 heterocycles. The number of halogens is 1. The molecule has 7 heteroatoms. The zero-order valence-electron chi connectivity index (χ0n) is 10.0. The first-order valence-corrected chi connectivity index (χ1v) is 6.97. The number of nitrogens with zero attached hydrogens (tertiary/aromatic N) is 1. The van der Waals surface area contributed by atoms with Gasteiger partial charge >= 0.3 is 5.97 Å². The van der Waals surface area contributed by atoms with Gasteiger partial charge in [-0.2, -0.15) is 0 Å². The molecule has 1 fully saturated rings. The normalized spacial score (nSPS) is 15.8. The van der Waals surface area contributed by atoms with Crippen molar-refractivity contribution in [2.24, 2.45) is 5.92 Å². The van der Waals surface area contributed by atoms with Crippen molar-refractivity contribution in [2.75, 3.05) is 5.32 Å². The van der Waals surface area contributed by atoms with Crippen LogP contribution < -0.4 is 5.32 Å². The predicted molar refractivity (Wildman–Crippen MR) is 78.2 cm³/mol. The minimum atomic E-state index is -0.891. The van der Waals surface area contributed by atoms with Crippen LogP contribution in [0.15, 0.2) is 18.2 Å². The van der Waals surface area contributed by atoms with Crippen LogP contribution >= 0.6 is 22.6 Å². The van der Waals surface area contributed by atoms with Gasteiger partial charge in [0.15, 0.2) is 0 Å². The Kier molecular flexibility index (Phi) is 4.23. The lowest BCUT2D eigenvalue weighted by atomic mass is 10.1. The summed E-state index contributed by atoms with van der Waals surface area (Å²) in [5.41, 5.74) is 0.381. The maximum atomic E-state index is 11.0. The first-order valence-electron chi connectivity index (χ1n) is 5.89. The number of hydrogen-bond donors (Lipinski definition) is 2. The average Bonchev–Trinajstić information content (AvgIpc) is 3.13. The molecular formula is C12H13IN2O4. The molecule has 0 aliphatic heterocycles. The van der Waals surface area contributed by atoms with Gasteiger partial charge in [0, 0.05) is 15.7 Å². The highest BCUT2D eigenvalue weighted by Crippen LogP contribution is 2.37. The number of nitro groups is 1. The van der Waals surface area contributed by atoms with Crippen LogP contribution in [-0.4, -0.2) is 22.0 Å². The average molecular weight is 376 g/mol. The van der Waals surface area contributed by atoms with E-state index < -0.39 is 10.9 Å². The lowest BCUT2D eigenvalue weighted by molar-refractivity contribution is -0.384. The van der Waals surface area contributed by atoms with E-state index >= 15 is 0 Å². The van der Waals surface area contributed by atoms with Crippen molar-refractivity contribution in [1.29, 1.82) is 0 Å². The Hall–Kier alpha value is -1.38. The van der Waals surface area contributed by atoms with Gasteiger partial charge in [-0.1, -0.05) is 0 Å². The van der Waals surface area contributed by atoms with Gasteiger partial charge in [0.25, 0.3) is 5.69 Å². The third-order valence-electron chi connectivity index (χ3n) is 3.08. The second-order valence-electron chi connectivity index (χ2n) is 4.60. The Morgan fingerprint density at radius 2 is 2.26 bits per heavy atom. The molecule has 1 atom stereocenters. The van der Waals surface area contributed by atoms with Crippen molar-refractivity contribution >= 4 is 39.9 Å². The number of anilines is 1. The van der Waals surface area contributed by atoms with E-state index in [1.807, 2.05) is 22.6 Å². The Balaban J connectivity index is 2.20. The lowest BCUT2D eigenvalue weighted by Gasteiger charge is -2.17. The molecule has 6 nitrogen and oxygen atoms in total. The van der Waals surface area contributed by atoms with Gasteiger partial charge in [-0.25, -0.2) is 0 Å². The SMILES string of the molecule is O=C(O)CC(Nc1ccc(I)cc1[N+](=O)[O-])C1CC1. The van der Waals surface area contributed by atoms with Gasteiger partial charge in [0.1, 0.15) is 5.69 Å². The molecule has 0 saturated heterocycles. The van der Waals surface area contributed by atoms with Crippen LogP contribution in [0.3, 0.4) is 0 Å². The molecule has 102 valence electrons. The summed E-state index contributed by atoms with van der Waals surface area (Å²) in [6, 6.07) is 4.64. The summed E-state index contributed by atoms with van der Waals surface area (Å²) < 4.78 is 0.774. The highest BCUT2D eigenvalue weighted by molar-refractivity contribution is 14.1. The van der Waals surface area contributed by atoms with Crippen molar-refractivity contribution in [3.05, 3.63) is 31.9 Å². The van der Waals surface area contributed by atoms with E-state index in [2.05, 4.69) is 5.32 Å². The molecule has 1 unspecified atom stereocenters. The summed E-state index contributed by atoms with van der Waals surface area (Å²) in [5, 5.41) is 22.9. The van der Waals surface area contributed by atoms with Crippen LogP contribution in [-0.2, 0) is 4.79 Å². The van der Waals surface area contributed by atoms with E-state index in [1.54, 1.807) is 12.1 Å². The fourth-order valence-corrected chi connectivity index (χ4v) is 2.47. The van der Waals surface area contributed by atoms with Crippen LogP contribution in [0, 0.1) is 19.6 Å². The van der Waals surface area contributed by atoms with Gasteiger partial charge in [0.2, 0.25) is 0 Å². The van der Waals surface area contributed by atoms with E-state index in [4.69, 9.17) is 5.11 Å². The van der Waals surface area contributed by atoms with Gasteiger partial charge in [-0.15, -0.1) is 0 Å². The summed E-state index contributed by atoms with van der Waals surface area (Å²) in [7, 11) is 0. The molecule has 2 N–H and O–H groups in total. The van der Waals surface area contributed by atoms with E-state index in [9.17, 15) is 14.9 Å². The van der Waals surface area contributed by atoms with Crippen molar-refractivity contribution in [3.8, 4) is 0 Å². The Labute approximate surface area is 123 Å². The first-order chi connectivity index (χ1) is 8.97. The number of aliphatic carboxylic acids is 1. The van der Waals surface area contributed by atoms with Crippen LogP contribution in [0.4, 0.5) is 11.4 Å². The van der Waals surface area contributed by atoms with Crippen molar-refractivity contribution in [1.82, 2.24) is 0 Å². The lowest BCUT2D eigenvalue weighted by Crippen LogP contribution is -2.25. The van der Waals surface area contributed by atoms with Gasteiger partial charge in [-0.05, 0) is 53.5 Å². The van der Waals surface area contributed by atoms with Crippen molar-refractivity contribution in [3.63, 3.8) is 0 Å². The van der Waals surface area contributed by atoms with Crippen LogP contribution in [0.5, 0.6) is 0 Å². The molecule has 1 aromatic carbocycles. The van der Waals surface area contributed by atoms with E-state index in [0.29, 0.717) is 11.6 Å². The van der Waals surface area contributed by atoms with Crippen molar-refractivity contribution in [2.45, 2.75) is 25.3 Å². The van der Waals surface area contributed by atoms with E-state index in [0.717, 1.165) is 16.4 Å². The van der Waals surface area contributed by atoms with E-state index in [-0.39, 0.29) is 18.2 Å². The largest absolute Gasteiger partial charge is 0.481 e. The van der Waals surface area contributed by atoms with Gasteiger partial charge in [0.05, 0.1) is 11.3 Å². The molecule has 0 amide bonds. The third kappa shape index (κ3) is 3.79. The number of carbonyl (C=O) groups is 1. The quantitative estimate of drug-likeness (QED) is 0.453. The van der Waals surface area contributed by atoms with Crippen molar-refractivity contribution < 1.29 is 14.8 Å². The molecule has 0 radical (unpaired) electrons.